The standard InChI is InChI=1S/C11H15O/c1-8(2)11-6-5-10(12-4)7-9(11)3/h5-8H,3H2,1-2,4H3. The first-order valence-corrected chi connectivity index (χ1v) is 4.15. The maximum atomic E-state index is 5.09. The largest absolute Gasteiger partial charge is 0.497 e. The maximum Gasteiger partial charge on any atom is 0.119 e. The molecular weight excluding hydrogens is 148 g/mol. The third-order valence-corrected chi connectivity index (χ3v) is 1.97. The van der Waals surface area contributed by atoms with Gasteiger partial charge in [-0.3, -0.25) is 0 Å². The monoisotopic (exact) mass is 163 g/mol. The van der Waals surface area contributed by atoms with Crippen molar-refractivity contribution in [2.75, 3.05) is 7.11 Å². The van der Waals surface area contributed by atoms with Gasteiger partial charge in [0.1, 0.15) is 5.75 Å². The maximum absolute atomic E-state index is 5.09. The fourth-order valence-corrected chi connectivity index (χ4v) is 1.27. The first kappa shape index (κ1) is 9.11. The van der Waals surface area contributed by atoms with Crippen LogP contribution in [0.25, 0.3) is 0 Å². The van der Waals surface area contributed by atoms with Crippen LogP contribution in [0, 0.1) is 6.92 Å². The molecule has 0 heterocycles. The lowest BCUT2D eigenvalue weighted by Crippen LogP contribution is -1.92. The van der Waals surface area contributed by atoms with E-state index in [1.165, 1.54) is 5.56 Å². The molecule has 1 heteroatoms. The molecule has 0 saturated heterocycles. The third kappa shape index (κ3) is 1.79. The molecule has 0 N–H and O–H groups in total. The van der Waals surface area contributed by atoms with E-state index in [1.54, 1.807) is 7.11 Å². The molecule has 0 bridgehead atoms. The van der Waals surface area contributed by atoms with E-state index in [2.05, 4.69) is 26.8 Å². The molecule has 0 aliphatic heterocycles. The van der Waals surface area contributed by atoms with Gasteiger partial charge in [-0.25, -0.2) is 0 Å². The highest BCUT2D eigenvalue weighted by molar-refractivity contribution is 5.38. The van der Waals surface area contributed by atoms with Crippen molar-refractivity contribution in [1.82, 2.24) is 0 Å². The van der Waals surface area contributed by atoms with Crippen molar-refractivity contribution >= 4 is 0 Å². The molecular formula is C11H15O. The first-order valence-electron chi connectivity index (χ1n) is 4.15. The molecule has 0 atom stereocenters. The Balaban J connectivity index is 3.03. The Morgan fingerprint density at radius 1 is 1.33 bits per heavy atom. The van der Waals surface area contributed by atoms with Gasteiger partial charge in [0.15, 0.2) is 0 Å². The minimum atomic E-state index is 0.531. The zero-order valence-electron chi connectivity index (χ0n) is 7.92. The molecule has 12 heavy (non-hydrogen) atoms. The van der Waals surface area contributed by atoms with Gasteiger partial charge in [0.05, 0.1) is 7.11 Å². The fraction of sp³-hybridized carbons (Fsp3) is 0.364. The molecule has 0 aliphatic rings. The van der Waals surface area contributed by atoms with Crippen LogP contribution < -0.4 is 4.74 Å². The summed E-state index contributed by atoms with van der Waals surface area (Å²) in [5, 5.41) is 0. The Morgan fingerprint density at radius 2 is 2.00 bits per heavy atom. The summed E-state index contributed by atoms with van der Waals surface area (Å²) < 4.78 is 5.09. The van der Waals surface area contributed by atoms with Gasteiger partial charge in [0.2, 0.25) is 0 Å². The Hall–Kier alpha value is -0.980. The molecule has 0 aliphatic carbocycles. The average molecular weight is 163 g/mol. The number of benzene rings is 1. The highest BCUT2D eigenvalue weighted by Crippen LogP contribution is 2.22. The third-order valence-electron chi connectivity index (χ3n) is 1.97. The van der Waals surface area contributed by atoms with Gasteiger partial charge < -0.3 is 4.74 Å². The molecule has 65 valence electrons. The lowest BCUT2D eigenvalue weighted by Gasteiger charge is -2.10. The zero-order valence-corrected chi connectivity index (χ0v) is 7.92. The Labute approximate surface area is 74.4 Å². The highest BCUT2D eigenvalue weighted by Gasteiger charge is 2.03. The smallest absolute Gasteiger partial charge is 0.119 e. The Bertz CT molecular complexity index is 264. The molecule has 1 aromatic carbocycles. The van der Waals surface area contributed by atoms with Gasteiger partial charge in [0.25, 0.3) is 0 Å². The predicted octanol–water partition coefficient (Wildman–Crippen LogP) is 3.00. The van der Waals surface area contributed by atoms with Gasteiger partial charge >= 0.3 is 0 Å². The van der Waals surface area contributed by atoms with E-state index in [1.807, 2.05) is 12.1 Å². The van der Waals surface area contributed by atoms with E-state index < -0.39 is 0 Å². The summed E-state index contributed by atoms with van der Waals surface area (Å²) in [5.74, 6) is 1.41. The second-order valence-electron chi connectivity index (χ2n) is 3.22. The highest BCUT2D eigenvalue weighted by atomic mass is 16.5. The van der Waals surface area contributed by atoms with Crippen molar-refractivity contribution in [3.8, 4) is 5.75 Å². The molecule has 0 amide bonds. The minimum absolute atomic E-state index is 0.531. The topological polar surface area (TPSA) is 9.23 Å². The summed E-state index contributed by atoms with van der Waals surface area (Å²) in [6.45, 7) is 8.30. The van der Waals surface area contributed by atoms with E-state index in [9.17, 15) is 0 Å². The lowest BCUT2D eigenvalue weighted by atomic mass is 9.98. The van der Waals surface area contributed by atoms with Crippen LogP contribution in [0.3, 0.4) is 0 Å². The Morgan fingerprint density at radius 3 is 2.42 bits per heavy atom. The number of methoxy groups -OCH3 is 1. The van der Waals surface area contributed by atoms with Crippen molar-refractivity contribution < 1.29 is 4.74 Å². The van der Waals surface area contributed by atoms with Crippen LogP contribution in [0.4, 0.5) is 0 Å². The molecule has 1 aromatic rings. The summed E-state index contributed by atoms with van der Waals surface area (Å²) in [7, 11) is 1.67. The molecule has 0 fully saturated rings. The molecule has 1 rings (SSSR count). The molecule has 0 unspecified atom stereocenters. The zero-order chi connectivity index (χ0) is 9.14. The van der Waals surface area contributed by atoms with Crippen LogP contribution in [0.2, 0.25) is 0 Å². The quantitative estimate of drug-likeness (QED) is 0.651. The fourth-order valence-electron chi connectivity index (χ4n) is 1.27. The van der Waals surface area contributed by atoms with Crippen molar-refractivity contribution in [2.45, 2.75) is 19.8 Å². The van der Waals surface area contributed by atoms with E-state index >= 15 is 0 Å². The molecule has 0 aromatic heterocycles. The van der Waals surface area contributed by atoms with Gasteiger partial charge in [-0.1, -0.05) is 19.9 Å². The van der Waals surface area contributed by atoms with Gasteiger partial charge in [-0.2, -0.15) is 0 Å². The predicted molar refractivity (Wildman–Crippen MR) is 51.5 cm³/mol. The van der Waals surface area contributed by atoms with Crippen LogP contribution in [0.15, 0.2) is 18.2 Å². The second-order valence-corrected chi connectivity index (χ2v) is 3.22. The number of hydrogen-bond donors (Lipinski definition) is 0. The average Bonchev–Trinajstić information content (AvgIpc) is 2.03. The van der Waals surface area contributed by atoms with Crippen molar-refractivity contribution in [1.29, 1.82) is 0 Å². The summed E-state index contributed by atoms with van der Waals surface area (Å²) >= 11 is 0. The van der Waals surface area contributed by atoms with Crippen LogP contribution in [0.1, 0.15) is 30.9 Å². The van der Waals surface area contributed by atoms with Crippen molar-refractivity contribution in [3.05, 3.63) is 36.2 Å². The van der Waals surface area contributed by atoms with Gasteiger partial charge in [0, 0.05) is 0 Å². The van der Waals surface area contributed by atoms with E-state index in [0.29, 0.717) is 5.92 Å². The number of rotatable bonds is 2. The van der Waals surface area contributed by atoms with Crippen LogP contribution in [-0.2, 0) is 0 Å². The van der Waals surface area contributed by atoms with Gasteiger partial charge in [-0.15, -0.1) is 0 Å². The Kier molecular flexibility index (Phi) is 2.74. The second kappa shape index (κ2) is 3.61. The first-order chi connectivity index (χ1) is 5.65. The summed E-state index contributed by atoms with van der Waals surface area (Å²) in [4.78, 5) is 0. The van der Waals surface area contributed by atoms with E-state index in [-0.39, 0.29) is 0 Å². The van der Waals surface area contributed by atoms with Crippen LogP contribution in [0.5, 0.6) is 5.75 Å². The number of ether oxygens (including phenoxy) is 1. The van der Waals surface area contributed by atoms with Gasteiger partial charge in [-0.05, 0) is 36.1 Å². The minimum Gasteiger partial charge on any atom is -0.497 e. The molecule has 1 nitrogen and oxygen atoms in total. The number of hydrogen-bond acceptors (Lipinski definition) is 1. The summed E-state index contributed by atoms with van der Waals surface area (Å²) in [6.07, 6.45) is 0. The molecule has 0 saturated carbocycles. The van der Waals surface area contributed by atoms with E-state index in [4.69, 9.17) is 4.74 Å². The van der Waals surface area contributed by atoms with E-state index in [0.717, 1.165) is 11.3 Å². The molecule has 1 radical (unpaired) electrons. The SMILES string of the molecule is [CH2]c1cc(OC)ccc1C(C)C. The van der Waals surface area contributed by atoms with Crippen LogP contribution >= 0.6 is 0 Å². The van der Waals surface area contributed by atoms with Crippen molar-refractivity contribution in [3.63, 3.8) is 0 Å². The normalized spacial score (nSPS) is 10.4. The molecule has 0 spiro atoms. The van der Waals surface area contributed by atoms with Crippen molar-refractivity contribution in [2.24, 2.45) is 0 Å². The summed E-state index contributed by atoms with van der Waals surface area (Å²) in [5.41, 5.74) is 2.35. The van der Waals surface area contributed by atoms with Crippen LogP contribution in [-0.4, -0.2) is 7.11 Å². The lowest BCUT2D eigenvalue weighted by molar-refractivity contribution is 0.414. The summed E-state index contributed by atoms with van der Waals surface area (Å²) in [6, 6.07) is 6.02.